The van der Waals surface area contributed by atoms with E-state index in [0.717, 1.165) is 6.42 Å². The smallest absolute Gasteiger partial charge is 0.226 e. The molecular formula is C14H21NO4. The van der Waals surface area contributed by atoms with E-state index in [-0.39, 0.29) is 42.3 Å². The lowest BCUT2D eigenvalue weighted by Crippen LogP contribution is -2.41. The average Bonchev–Trinajstić information content (AvgIpc) is 2.30. The minimum Gasteiger partial charge on any atom is -0.392 e. The Balaban J connectivity index is 1.92. The van der Waals surface area contributed by atoms with E-state index in [1.54, 1.807) is 0 Å². The molecule has 106 valence electrons. The molecular weight excluding hydrogens is 246 g/mol. The van der Waals surface area contributed by atoms with Crippen LogP contribution >= 0.6 is 0 Å². The minimum absolute atomic E-state index is 0.122. The molecule has 0 radical (unpaired) electrons. The molecule has 1 saturated carbocycles. The molecule has 0 aromatic heterocycles. The number of hydrogen-bond acceptors (Lipinski definition) is 4. The van der Waals surface area contributed by atoms with Gasteiger partial charge in [0.25, 0.3) is 0 Å². The van der Waals surface area contributed by atoms with Crippen molar-refractivity contribution < 1.29 is 19.5 Å². The zero-order valence-electron chi connectivity index (χ0n) is 11.2. The molecule has 2 rings (SSSR count). The Morgan fingerprint density at radius 3 is 2.53 bits per heavy atom. The van der Waals surface area contributed by atoms with Crippen LogP contribution in [0.5, 0.6) is 0 Å². The molecule has 1 heterocycles. The van der Waals surface area contributed by atoms with Crippen LogP contribution in [-0.4, -0.2) is 28.8 Å². The van der Waals surface area contributed by atoms with Gasteiger partial charge in [-0.1, -0.05) is 6.92 Å². The first kappa shape index (κ1) is 14.2. The van der Waals surface area contributed by atoms with E-state index in [4.69, 9.17) is 0 Å². The van der Waals surface area contributed by atoms with Gasteiger partial charge in [-0.05, 0) is 31.1 Å². The molecule has 0 aromatic rings. The van der Waals surface area contributed by atoms with Gasteiger partial charge < -0.3 is 5.11 Å². The largest absolute Gasteiger partial charge is 0.392 e. The van der Waals surface area contributed by atoms with Crippen molar-refractivity contribution >= 4 is 17.6 Å². The van der Waals surface area contributed by atoms with Crippen molar-refractivity contribution in [2.45, 2.75) is 51.6 Å². The topological polar surface area (TPSA) is 83.5 Å². The molecule has 3 atom stereocenters. The van der Waals surface area contributed by atoms with Gasteiger partial charge in [0.1, 0.15) is 5.78 Å². The van der Waals surface area contributed by atoms with Gasteiger partial charge in [-0.15, -0.1) is 0 Å². The second-order valence-electron chi connectivity index (χ2n) is 6.00. The number of ketones is 1. The fraction of sp³-hybridized carbons (Fsp3) is 0.786. The van der Waals surface area contributed by atoms with Crippen LogP contribution in [0.15, 0.2) is 0 Å². The number of nitrogens with one attached hydrogen (secondary N) is 1. The summed E-state index contributed by atoms with van der Waals surface area (Å²) in [4.78, 5) is 34.4. The van der Waals surface area contributed by atoms with Crippen LogP contribution in [0.4, 0.5) is 0 Å². The number of carbonyl (C=O) groups excluding carboxylic acids is 3. The molecule has 1 aliphatic heterocycles. The Kier molecular flexibility index (Phi) is 4.34. The highest BCUT2D eigenvalue weighted by Gasteiger charge is 2.35. The average molecular weight is 267 g/mol. The van der Waals surface area contributed by atoms with Crippen molar-refractivity contribution in [3.8, 4) is 0 Å². The lowest BCUT2D eigenvalue weighted by atomic mass is 9.76. The first-order chi connectivity index (χ1) is 8.95. The van der Waals surface area contributed by atoms with Gasteiger partial charge >= 0.3 is 0 Å². The summed E-state index contributed by atoms with van der Waals surface area (Å²) in [6, 6.07) is 0. The Morgan fingerprint density at radius 2 is 1.89 bits per heavy atom. The highest BCUT2D eigenvalue weighted by Crippen LogP contribution is 2.32. The highest BCUT2D eigenvalue weighted by atomic mass is 16.3. The Bertz CT molecular complexity index is 377. The van der Waals surface area contributed by atoms with Crippen molar-refractivity contribution in [3.63, 3.8) is 0 Å². The number of Topliss-reactive ketones (excluding diaryl/α,β-unsaturated/α-hetero) is 1. The summed E-state index contributed by atoms with van der Waals surface area (Å²) in [5.74, 6) is -0.440. The molecule has 5 heteroatoms. The van der Waals surface area contributed by atoms with Gasteiger partial charge in [-0.2, -0.15) is 0 Å². The molecule has 1 aliphatic carbocycles. The Hall–Kier alpha value is -1.23. The number of hydrogen-bond donors (Lipinski definition) is 2. The van der Waals surface area contributed by atoms with E-state index in [1.807, 2.05) is 0 Å². The van der Waals surface area contributed by atoms with Crippen molar-refractivity contribution in [2.75, 3.05) is 0 Å². The Labute approximate surface area is 112 Å². The van der Waals surface area contributed by atoms with Gasteiger partial charge in [-0.25, -0.2) is 0 Å². The third kappa shape index (κ3) is 3.62. The monoisotopic (exact) mass is 267 g/mol. The van der Waals surface area contributed by atoms with E-state index < -0.39 is 6.10 Å². The molecule has 5 nitrogen and oxygen atoms in total. The van der Waals surface area contributed by atoms with Gasteiger partial charge in [0.05, 0.1) is 6.10 Å². The van der Waals surface area contributed by atoms with Crippen LogP contribution in [-0.2, 0) is 14.4 Å². The number of imide groups is 1. The van der Waals surface area contributed by atoms with Crippen molar-refractivity contribution in [2.24, 2.45) is 17.8 Å². The highest BCUT2D eigenvalue weighted by molar-refractivity contribution is 5.97. The summed E-state index contributed by atoms with van der Waals surface area (Å²) >= 11 is 0. The fourth-order valence-corrected chi connectivity index (χ4v) is 3.16. The van der Waals surface area contributed by atoms with Crippen molar-refractivity contribution in [1.29, 1.82) is 0 Å². The molecule has 2 amide bonds. The maximum atomic E-state index is 11.8. The molecule has 0 aromatic carbocycles. The first-order valence-corrected chi connectivity index (χ1v) is 6.99. The normalized spacial score (nSPS) is 31.2. The standard InChI is InChI=1S/C14H21NO4/c1-8-2-3-11(16)10(4-8)12(17)5-9-6-13(18)15-14(19)7-9/h8-10,12,17H,2-7H2,1H3,(H,15,18,19)/t8?,10-,12+/m0/s1. The number of aliphatic hydroxyl groups excluding tert-OH is 1. The third-order valence-electron chi connectivity index (χ3n) is 4.22. The maximum absolute atomic E-state index is 11.8. The second kappa shape index (κ2) is 5.82. The maximum Gasteiger partial charge on any atom is 0.226 e. The van der Waals surface area contributed by atoms with Gasteiger partial charge in [-0.3, -0.25) is 19.7 Å². The third-order valence-corrected chi connectivity index (χ3v) is 4.22. The summed E-state index contributed by atoms with van der Waals surface area (Å²) < 4.78 is 0. The van der Waals surface area contributed by atoms with E-state index in [2.05, 4.69) is 12.2 Å². The van der Waals surface area contributed by atoms with E-state index in [0.29, 0.717) is 25.2 Å². The lowest BCUT2D eigenvalue weighted by molar-refractivity contribution is -0.135. The van der Waals surface area contributed by atoms with Crippen LogP contribution in [0.1, 0.15) is 45.4 Å². The molecule has 2 aliphatic rings. The van der Waals surface area contributed by atoms with E-state index >= 15 is 0 Å². The zero-order chi connectivity index (χ0) is 14.0. The summed E-state index contributed by atoms with van der Waals surface area (Å²) in [5, 5.41) is 12.5. The zero-order valence-corrected chi connectivity index (χ0v) is 11.2. The van der Waals surface area contributed by atoms with Crippen LogP contribution in [0.25, 0.3) is 0 Å². The second-order valence-corrected chi connectivity index (χ2v) is 6.00. The molecule has 2 N–H and O–H groups in total. The number of amides is 2. The molecule has 0 spiro atoms. The number of carbonyl (C=O) groups is 3. The van der Waals surface area contributed by atoms with E-state index in [1.165, 1.54) is 0 Å². The SMILES string of the molecule is CC1CCC(=O)[C@@H]([C@H](O)CC2CC(=O)NC(=O)C2)C1. The minimum atomic E-state index is -0.723. The van der Waals surface area contributed by atoms with Crippen molar-refractivity contribution in [1.82, 2.24) is 5.32 Å². The van der Waals surface area contributed by atoms with Gasteiger partial charge in [0, 0.05) is 25.2 Å². The molecule has 1 unspecified atom stereocenters. The summed E-state index contributed by atoms with van der Waals surface area (Å²) in [6.45, 7) is 2.09. The molecule has 1 saturated heterocycles. The van der Waals surface area contributed by atoms with Gasteiger partial charge in [0.2, 0.25) is 11.8 Å². The predicted octanol–water partition coefficient (Wildman–Crippen LogP) is 0.795. The first-order valence-electron chi connectivity index (χ1n) is 6.99. The van der Waals surface area contributed by atoms with Gasteiger partial charge in [0.15, 0.2) is 0 Å². The molecule has 2 fully saturated rings. The molecule has 19 heavy (non-hydrogen) atoms. The van der Waals surface area contributed by atoms with Crippen LogP contribution in [0.3, 0.4) is 0 Å². The number of aliphatic hydroxyl groups is 1. The Morgan fingerprint density at radius 1 is 1.26 bits per heavy atom. The number of piperidine rings is 1. The van der Waals surface area contributed by atoms with Crippen LogP contribution in [0, 0.1) is 17.8 Å². The van der Waals surface area contributed by atoms with Crippen LogP contribution < -0.4 is 5.32 Å². The van der Waals surface area contributed by atoms with E-state index in [9.17, 15) is 19.5 Å². The number of rotatable bonds is 3. The quantitative estimate of drug-likeness (QED) is 0.741. The van der Waals surface area contributed by atoms with Crippen molar-refractivity contribution in [3.05, 3.63) is 0 Å². The molecule has 0 bridgehead atoms. The lowest BCUT2D eigenvalue weighted by Gasteiger charge is -2.31. The predicted molar refractivity (Wildman–Crippen MR) is 68.0 cm³/mol. The summed E-state index contributed by atoms with van der Waals surface area (Å²) in [6.07, 6.45) is 2.31. The summed E-state index contributed by atoms with van der Waals surface area (Å²) in [7, 11) is 0. The fourth-order valence-electron chi connectivity index (χ4n) is 3.16. The van der Waals surface area contributed by atoms with Crippen LogP contribution in [0.2, 0.25) is 0 Å². The summed E-state index contributed by atoms with van der Waals surface area (Å²) in [5.41, 5.74) is 0.